The van der Waals surface area contributed by atoms with E-state index in [-0.39, 0.29) is 11.5 Å². The van der Waals surface area contributed by atoms with Gasteiger partial charge >= 0.3 is 0 Å². The Labute approximate surface area is 54.3 Å². The van der Waals surface area contributed by atoms with Gasteiger partial charge in [0, 0.05) is 6.61 Å². The van der Waals surface area contributed by atoms with Gasteiger partial charge < -0.3 is 4.74 Å². The molecule has 2 heteroatoms. The van der Waals surface area contributed by atoms with Crippen molar-refractivity contribution >= 4 is 11.6 Å². The molecule has 1 heterocycles. The summed E-state index contributed by atoms with van der Waals surface area (Å²) < 4.78 is 5.16. The van der Waals surface area contributed by atoms with E-state index in [1.807, 2.05) is 0 Å². The van der Waals surface area contributed by atoms with Gasteiger partial charge in [-0.15, -0.1) is 18.2 Å². The number of ether oxygens (including phenoxy) is 1. The first-order chi connectivity index (χ1) is 3.84. The molecule has 1 saturated heterocycles. The Kier molecular flexibility index (Phi) is 1.92. The topological polar surface area (TPSA) is 9.23 Å². The summed E-state index contributed by atoms with van der Waals surface area (Å²) in [7, 11) is 0. The van der Waals surface area contributed by atoms with Crippen LogP contribution in [-0.4, -0.2) is 18.1 Å². The Morgan fingerprint density at radius 1 is 1.75 bits per heavy atom. The highest BCUT2D eigenvalue weighted by molar-refractivity contribution is 6.21. The first-order valence-electron chi connectivity index (χ1n) is 2.73. The maximum absolute atomic E-state index is 5.78. The molecular weight excluding hydrogens is 124 g/mol. The van der Waals surface area contributed by atoms with Crippen molar-refractivity contribution < 1.29 is 4.74 Å². The molecule has 1 rings (SSSR count). The minimum absolute atomic E-state index is 0.0941. The van der Waals surface area contributed by atoms with E-state index in [9.17, 15) is 0 Å². The molecular formula is C6H9ClO. The number of rotatable bonds is 1. The molecule has 0 aromatic heterocycles. The molecule has 0 bridgehead atoms. The fourth-order valence-corrected chi connectivity index (χ4v) is 1.07. The predicted octanol–water partition coefficient (Wildman–Crippen LogP) is 1.57. The molecule has 1 nitrogen and oxygen atoms in total. The number of hydrogen-bond acceptors (Lipinski definition) is 1. The Bertz CT molecular complexity index is 92.5. The van der Waals surface area contributed by atoms with Crippen LogP contribution < -0.4 is 0 Å². The van der Waals surface area contributed by atoms with E-state index in [0.717, 1.165) is 13.0 Å². The molecule has 0 aromatic rings. The highest BCUT2D eigenvalue weighted by Gasteiger charge is 2.22. The van der Waals surface area contributed by atoms with Crippen molar-refractivity contribution in [2.45, 2.75) is 17.9 Å². The first-order valence-corrected chi connectivity index (χ1v) is 3.16. The molecule has 0 radical (unpaired) electrons. The van der Waals surface area contributed by atoms with Crippen LogP contribution in [0.1, 0.15) is 6.42 Å². The third-order valence-corrected chi connectivity index (χ3v) is 1.76. The highest BCUT2D eigenvalue weighted by Crippen LogP contribution is 2.19. The van der Waals surface area contributed by atoms with Crippen LogP contribution in [0.5, 0.6) is 0 Å². The third-order valence-electron chi connectivity index (χ3n) is 1.29. The van der Waals surface area contributed by atoms with Gasteiger partial charge in [-0.05, 0) is 6.42 Å². The molecule has 8 heavy (non-hydrogen) atoms. The van der Waals surface area contributed by atoms with Gasteiger partial charge in [-0.2, -0.15) is 0 Å². The molecule has 0 amide bonds. The molecule has 0 aliphatic carbocycles. The molecule has 0 spiro atoms. The zero-order valence-corrected chi connectivity index (χ0v) is 5.40. The second-order valence-electron chi connectivity index (χ2n) is 1.88. The van der Waals surface area contributed by atoms with Gasteiger partial charge in [0.1, 0.15) is 0 Å². The molecule has 0 saturated carbocycles. The monoisotopic (exact) mass is 132 g/mol. The van der Waals surface area contributed by atoms with Gasteiger partial charge in [0.15, 0.2) is 0 Å². The van der Waals surface area contributed by atoms with E-state index in [4.69, 9.17) is 16.3 Å². The van der Waals surface area contributed by atoms with E-state index in [0.29, 0.717) is 0 Å². The van der Waals surface area contributed by atoms with Crippen LogP contribution in [0.4, 0.5) is 0 Å². The Morgan fingerprint density at radius 3 is 2.75 bits per heavy atom. The molecule has 0 aromatic carbocycles. The quantitative estimate of drug-likeness (QED) is 0.389. The molecule has 1 fully saturated rings. The van der Waals surface area contributed by atoms with Crippen LogP contribution >= 0.6 is 11.6 Å². The van der Waals surface area contributed by atoms with Gasteiger partial charge in [0.25, 0.3) is 0 Å². The lowest BCUT2D eigenvalue weighted by molar-refractivity contribution is 0.147. The largest absolute Gasteiger partial charge is 0.373 e. The average Bonchev–Trinajstić information content (AvgIpc) is 2.14. The van der Waals surface area contributed by atoms with Crippen molar-refractivity contribution in [3.63, 3.8) is 0 Å². The summed E-state index contributed by atoms with van der Waals surface area (Å²) in [5.74, 6) is 0. The summed E-state index contributed by atoms with van der Waals surface area (Å²) >= 11 is 5.78. The van der Waals surface area contributed by atoms with Gasteiger partial charge in [0.05, 0.1) is 11.5 Å². The molecule has 2 atom stereocenters. The standard InChI is InChI=1S/C6H9ClO/c1-2-6-5(7)3-4-8-6/h2,5-6H,1,3-4H2/t5-,6+/m1/s1. The normalized spacial score (nSPS) is 37.6. The summed E-state index contributed by atoms with van der Waals surface area (Å²) in [5.41, 5.74) is 0. The van der Waals surface area contributed by atoms with Crippen LogP contribution in [-0.2, 0) is 4.74 Å². The summed E-state index contributed by atoms with van der Waals surface area (Å²) in [6.45, 7) is 4.37. The van der Waals surface area contributed by atoms with E-state index in [1.54, 1.807) is 6.08 Å². The fraction of sp³-hybridized carbons (Fsp3) is 0.667. The van der Waals surface area contributed by atoms with Crippen LogP contribution in [0.2, 0.25) is 0 Å². The van der Waals surface area contributed by atoms with Crippen molar-refractivity contribution in [3.05, 3.63) is 12.7 Å². The molecule has 0 unspecified atom stereocenters. The Morgan fingerprint density at radius 2 is 2.50 bits per heavy atom. The van der Waals surface area contributed by atoms with E-state index in [1.165, 1.54) is 0 Å². The van der Waals surface area contributed by atoms with Crippen molar-refractivity contribution in [3.8, 4) is 0 Å². The van der Waals surface area contributed by atoms with Crippen molar-refractivity contribution in [1.82, 2.24) is 0 Å². The van der Waals surface area contributed by atoms with Crippen LogP contribution in [0.3, 0.4) is 0 Å². The lowest BCUT2D eigenvalue weighted by atomic mass is 10.2. The summed E-state index contributed by atoms with van der Waals surface area (Å²) in [6, 6.07) is 0. The maximum atomic E-state index is 5.78. The minimum atomic E-state index is 0.0941. The smallest absolute Gasteiger partial charge is 0.0917 e. The molecule has 1 aliphatic heterocycles. The van der Waals surface area contributed by atoms with Crippen molar-refractivity contribution in [1.29, 1.82) is 0 Å². The number of hydrogen-bond donors (Lipinski definition) is 0. The predicted molar refractivity (Wildman–Crippen MR) is 34.2 cm³/mol. The second-order valence-corrected chi connectivity index (χ2v) is 2.44. The fourth-order valence-electron chi connectivity index (χ4n) is 0.801. The second kappa shape index (κ2) is 2.51. The number of alkyl halides is 1. The highest BCUT2D eigenvalue weighted by atomic mass is 35.5. The first kappa shape index (κ1) is 6.12. The van der Waals surface area contributed by atoms with E-state index in [2.05, 4.69) is 6.58 Å². The zero-order valence-electron chi connectivity index (χ0n) is 4.64. The van der Waals surface area contributed by atoms with Crippen molar-refractivity contribution in [2.75, 3.05) is 6.61 Å². The zero-order chi connectivity index (χ0) is 5.98. The van der Waals surface area contributed by atoms with Gasteiger partial charge in [-0.1, -0.05) is 6.08 Å². The maximum Gasteiger partial charge on any atom is 0.0917 e. The summed E-state index contributed by atoms with van der Waals surface area (Å²) in [5, 5.41) is 0.160. The summed E-state index contributed by atoms with van der Waals surface area (Å²) in [6.07, 6.45) is 2.81. The van der Waals surface area contributed by atoms with E-state index < -0.39 is 0 Å². The van der Waals surface area contributed by atoms with Gasteiger partial charge in [0.2, 0.25) is 0 Å². The minimum Gasteiger partial charge on any atom is -0.373 e. The lowest BCUT2D eigenvalue weighted by Crippen LogP contribution is -2.10. The van der Waals surface area contributed by atoms with E-state index >= 15 is 0 Å². The van der Waals surface area contributed by atoms with Gasteiger partial charge in [-0.25, -0.2) is 0 Å². The number of halogens is 1. The third kappa shape index (κ3) is 1.04. The van der Waals surface area contributed by atoms with Crippen LogP contribution in [0, 0.1) is 0 Å². The molecule has 46 valence electrons. The SMILES string of the molecule is C=C[C@@H]1OCC[C@H]1Cl. The lowest BCUT2D eigenvalue weighted by Gasteiger charge is -2.04. The Hall–Kier alpha value is -0.0100. The average molecular weight is 133 g/mol. The molecule has 1 aliphatic rings. The Balaban J connectivity index is 2.41. The van der Waals surface area contributed by atoms with Crippen molar-refractivity contribution in [2.24, 2.45) is 0 Å². The molecule has 0 N–H and O–H groups in total. The van der Waals surface area contributed by atoms with Gasteiger partial charge in [-0.3, -0.25) is 0 Å². The van der Waals surface area contributed by atoms with Crippen LogP contribution in [0.25, 0.3) is 0 Å². The van der Waals surface area contributed by atoms with Crippen LogP contribution in [0.15, 0.2) is 12.7 Å². The summed E-state index contributed by atoms with van der Waals surface area (Å²) in [4.78, 5) is 0.